The summed E-state index contributed by atoms with van der Waals surface area (Å²) in [5, 5.41) is 12.3. The van der Waals surface area contributed by atoms with E-state index < -0.39 is 52.6 Å². The molecule has 1 saturated carbocycles. The van der Waals surface area contributed by atoms with Crippen molar-refractivity contribution in [3.8, 4) is 11.5 Å². The van der Waals surface area contributed by atoms with Crippen molar-refractivity contribution in [2.24, 2.45) is 23.7 Å². The monoisotopic (exact) mass is 783 g/mol. The number of nitrogens with zero attached hydrogens (tertiary/aromatic N) is 2. The molecule has 4 aromatic rings. The largest absolute Gasteiger partial charge is 0.503 e. The maximum Gasteiger partial charge on any atom is 0.260 e. The van der Waals surface area contributed by atoms with Crippen LogP contribution >= 0.6 is 27.5 Å². The highest BCUT2D eigenvalue weighted by Crippen LogP contribution is 2.64. The highest BCUT2D eigenvalue weighted by Gasteiger charge is 2.70. The summed E-state index contributed by atoms with van der Waals surface area (Å²) < 4.78 is 19.7. The molecular formula is C40H32BrClFN3O6. The molecule has 4 aliphatic rings. The molecule has 0 aromatic heterocycles. The van der Waals surface area contributed by atoms with Gasteiger partial charge in [0.1, 0.15) is 5.82 Å². The smallest absolute Gasteiger partial charge is 0.260 e. The summed E-state index contributed by atoms with van der Waals surface area (Å²) in [5.74, 6) is -5.96. The van der Waals surface area contributed by atoms with Crippen molar-refractivity contribution in [3.63, 3.8) is 0 Å². The van der Waals surface area contributed by atoms with Crippen molar-refractivity contribution >= 4 is 56.8 Å². The fraction of sp³-hybridized carbons (Fsp3) is 0.250. The average molecular weight is 785 g/mol. The van der Waals surface area contributed by atoms with Crippen LogP contribution in [0.15, 0.2) is 107 Å². The van der Waals surface area contributed by atoms with Gasteiger partial charge in [-0.3, -0.25) is 29.5 Å². The van der Waals surface area contributed by atoms with E-state index in [1.165, 1.54) is 36.3 Å². The third kappa shape index (κ3) is 5.16. The number of phenolic OH excluding ortho intramolecular Hbond substituents is 1. The summed E-state index contributed by atoms with van der Waals surface area (Å²) in [7, 11) is 1.42. The Bertz CT molecular complexity index is 2160. The normalized spacial score (nSPS) is 26.5. The predicted molar refractivity (Wildman–Crippen MR) is 193 cm³/mol. The predicted octanol–water partition coefficient (Wildman–Crippen LogP) is 7.14. The van der Waals surface area contributed by atoms with E-state index in [1.54, 1.807) is 36.4 Å². The van der Waals surface area contributed by atoms with Gasteiger partial charge in [-0.25, -0.2) is 4.39 Å². The Kier molecular flexibility index (Phi) is 8.46. The molecule has 6 atom stereocenters. The van der Waals surface area contributed by atoms with Crippen molar-refractivity contribution in [1.82, 2.24) is 9.91 Å². The molecule has 0 radical (unpaired) electrons. The van der Waals surface area contributed by atoms with Crippen molar-refractivity contribution in [3.05, 3.63) is 135 Å². The molecule has 52 heavy (non-hydrogen) atoms. The molecule has 2 saturated heterocycles. The van der Waals surface area contributed by atoms with Crippen LogP contribution in [0.4, 0.5) is 10.1 Å². The summed E-state index contributed by atoms with van der Waals surface area (Å²) in [6.45, 7) is 0.129. The first-order chi connectivity index (χ1) is 25.0. The molecule has 6 unspecified atom stereocenters. The number of fused-ring (bicyclic) bond motifs is 4. The third-order valence-electron chi connectivity index (χ3n) is 11.1. The number of methoxy groups -OCH3 is 1. The number of imide groups is 2. The van der Waals surface area contributed by atoms with Crippen molar-refractivity contribution in [2.45, 2.75) is 30.7 Å². The van der Waals surface area contributed by atoms with Gasteiger partial charge < -0.3 is 9.84 Å². The standard InChI is InChI=1S/C40H32BrClFN3O6/c1-52-32-18-22(17-31(41)35(32)47)34-27-15-16-28-33(38(50)45(36(28)48)20-21-5-3-2-4-6-21)29(27)19-30-37(49)46(44-26-13-11-25(43)12-14-26)39(51)40(30,34)23-7-9-24(42)10-8-23/h2-15,17-18,28-30,33-34,44,47H,16,19-20H2,1H3. The lowest BCUT2D eigenvalue weighted by Gasteiger charge is -2.50. The number of phenols is 1. The summed E-state index contributed by atoms with van der Waals surface area (Å²) in [4.78, 5) is 59.7. The summed E-state index contributed by atoms with van der Waals surface area (Å²) >= 11 is 9.83. The van der Waals surface area contributed by atoms with E-state index in [0.29, 0.717) is 26.3 Å². The highest BCUT2D eigenvalue weighted by atomic mass is 79.9. The fourth-order valence-electron chi connectivity index (χ4n) is 8.93. The van der Waals surface area contributed by atoms with Gasteiger partial charge in [-0.1, -0.05) is 65.7 Å². The molecule has 9 nitrogen and oxygen atoms in total. The van der Waals surface area contributed by atoms with Crippen LogP contribution < -0.4 is 10.2 Å². The number of ether oxygens (including phenoxy) is 1. The van der Waals surface area contributed by atoms with Crippen LogP contribution in [-0.4, -0.2) is 45.8 Å². The van der Waals surface area contributed by atoms with Gasteiger partial charge in [0, 0.05) is 10.9 Å². The number of benzene rings is 4. The van der Waals surface area contributed by atoms with E-state index in [4.69, 9.17) is 16.3 Å². The van der Waals surface area contributed by atoms with Gasteiger partial charge in [0.15, 0.2) is 11.5 Å². The molecule has 12 heteroatoms. The zero-order valence-corrected chi connectivity index (χ0v) is 30.1. The Labute approximate surface area is 312 Å². The zero-order valence-electron chi connectivity index (χ0n) is 27.8. The molecular weight excluding hydrogens is 753 g/mol. The average Bonchev–Trinajstić information content (AvgIpc) is 3.51. The van der Waals surface area contributed by atoms with Gasteiger partial charge in [0.2, 0.25) is 11.8 Å². The van der Waals surface area contributed by atoms with Crippen LogP contribution in [0, 0.1) is 29.5 Å². The Balaban J connectivity index is 1.32. The van der Waals surface area contributed by atoms with E-state index in [1.807, 2.05) is 36.4 Å². The summed E-state index contributed by atoms with van der Waals surface area (Å²) in [5.41, 5.74) is 4.34. The van der Waals surface area contributed by atoms with Crippen molar-refractivity contribution in [2.75, 3.05) is 12.5 Å². The molecule has 2 aliphatic carbocycles. The maximum atomic E-state index is 15.3. The first kappa shape index (κ1) is 34.1. The van der Waals surface area contributed by atoms with E-state index in [0.717, 1.165) is 16.1 Å². The second-order valence-corrected chi connectivity index (χ2v) is 15.0. The number of aromatic hydroxyl groups is 1. The fourth-order valence-corrected chi connectivity index (χ4v) is 9.52. The SMILES string of the molecule is COc1cc(C2C3=CCC4C(=O)N(Cc5ccccc5)C(=O)C4C3CC3C(=O)N(Nc4ccc(F)cc4)C(=O)C32c2ccc(Cl)cc2)cc(Br)c1O. The van der Waals surface area contributed by atoms with Crippen LogP contribution in [0.3, 0.4) is 0 Å². The topological polar surface area (TPSA) is 116 Å². The first-order valence-electron chi connectivity index (χ1n) is 16.9. The van der Waals surface area contributed by atoms with Crippen molar-refractivity contribution in [1.29, 1.82) is 0 Å². The van der Waals surface area contributed by atoms with Crippen LogP contribution in [0.1, 0.15) is 35.4 Å². The molecule has 4 aromatic carbocycles. The van der Waals surface area contributed by atoms with Crippen LogP contribution in [-0.2, 0) is 31.1 Å². The van der Waals surface area contributed by atoms with E-state index in [2.05, 4.69) is 21.4 Å². The number of nitrogens with one attached hydrogen (secondary N) is 1. The van der Waals surface area contributed by atoms with Gasteiger partial charge in [-0.2, -0.15) is 5.01 Å². The molecule has 2 N–H and O–H groups in total. The Morgan fingerprint density at radius 1 is 0.942 bits per heavy atom. The minimum atomic E-state index is -1.57. The van der Waals surface area contributed by atoms with Gasteiger partial charge in [-0.05, 0) is 99.9 Å². The summed E-state index contributed by atoms with van der Waals surface area (Å²) in [6.07, 6.45) is 2.33. The van der Waals surface area contributed by atoms with E-state index >= 15 is 4.79 Å². The van der Waals surface area contributed by atoms with Gasteiger partial charge >= 0.3 is 0 Å². The number of halogens is 3. The van der Waals surface area contributed by atoms with E-state index in [-0.39, 0.29) is 42.7 Å². The number of carbonyl (C=O) groups is 4. The first-order valence-corrected chi connectivity index (χ1v) is 18.0. The Morgan fingerprint density at radius 3 is 2.35 bits per heavy atom. The number of amides is 4. The third-order valence-corrected chi connectivity index (χ3v) is 12.0. The lowest BCUT2D eigenvalue weighted by atomic mass is 9.49. The minimum Gasteiger partial charge on any atom is -0.503 e. The molecule has 0 bridgehead atoms. The van der Waals surface area contributed by atoms with Crippen molar-refractivity contribution < 1.29 is 33.4 Å². The number of rotatable bonds is 7. The number of likely N-dealkylation sites (tertiary alicyclic amines) is 1. The lowest BCUT2D eigenvalue weighted by molar-refractivity contribution is -0.142. The molecule has 2 heterocycles. The molecule has 264 valence electrons. The van der Waals surface area contributed by atoms with Gasteiger partial charge in [0.05, 0.1) is 47.0 Å². The molecule has 0 spiro atoms. The number of hydrazine groups is 1. The molecule has 8 rings (SSSR count). The quantitative estimate of drug-likeness (QED) is 0.151. The lowest BCUT2D eigenvalue weighted by Crippen LogP contribution is -2.53. The zero-order chi connectivity index (χ0) is 36.5. The van der Waals surface area contributed by atoms with Crippen LogP contribution in [0.2, 0.25) is 5.02 Å². The number of anilines is 1. The van der Waals surface area contributed by atoms with Gasteiger partial charge in [-0.15, -0.1) is 0 Å². The van der Waals surface area contributed by atoms with E-state index in [9.17, 15) is 23.9 Å². The summed E-state index contributed by atoms with van der Waals surface area (Å²) in [6, 6.07) is 24.8. The highest BCUT2D eigenvalue weighted by molar-refractivity contribution is 9.10. The minimum absolute atomic E-state index is 0.104. The van der Waals surface area contributed by atoms with Crippen LogP contribution in [0.5, 0.6) is 11.5 Å². The number of allylic oxidation sites excluding steroid dienone is 2. The van der Waals surface area contributed by atoms with Gasteiger partial charge in [0.25, 0.3) is 11.8 Å². The second-order valence-electron chi connectivity index (χ2n) is 13.7. The molecule has 2 aliphatic heterocycles. The van der Waals surface area contributed by atoms with Crippen LogP contribution in [0.25, 0.3) is 0 Å². The maximum absolute atomic E-state index is 15.3. The molecule has 4 amide bonds. The second kappa shape index (κ2) is 12.9. The number of carbonyl (C=O) groups excluding carboxylic acids is 4. The Morgan fingerprint density at radius 2 is 1.65 bits per heavy atom. The Hall–Kier alpha value is -5.00. The number of hydrogen-bond acceptors (Lipinski definition) is 7. The molecule has 3 fully saturated rings. The number of hydrogen-bond donors (Lipinski definition) is 2.